The molecule has 18 heavy (non-hydrogen) atoms. The van der Waals surface area contributed by atoms with Gasteiger partial charge in [0.1, 0.15) is 4.60 Å². The van der Waals surface area contributed by atoms with Gasteiger partial charge in [0, 0.05) is 18.0 Å². The molecule has 0 unspecified atom stereocenters. The summed E-state index contributed by atoms with van der Waals surface area (Å²) in [5.41, 5.74) is 1.40. The van der Waals surface area contributed by atoms with E-state index in [9.17, 15) is 4.79 Å². The van der Waals surface area contributed by atoms with E-state index in [0.29, 0.717) is 5.56 Å². The van der Waals surface area contributed by atoms with Crippen molar-refractivity contribution in [3.8, 4) is 0 Å². The fraction of sp³-hybridized carbons (Fsp3) is 0.154. The maximum Gasteiger partial charge on any atom is 0.251 e. The molecular formula is C13H12BrN3O. The Bertz CT molecular complexity index is 545. The van der Waals surface area contributed by atoms with Crippen LogP contribution in [0.5, 0.6) is 0 Å². The molecule has 2 heterocycles. The van der Waals surface area contributed by atoms with Gasteiger partial charge in [0.05, 0.1) is 11.7 Å². The zero-order valence-electron chi connectivity index (χ0n) is 9.80. The molecule has 5 heteroatoms. The normalized spacial score (nSPS) is 11.9. The third-order valence-electron chi connectivity index (χ3n) is 2.47. The maximum absolute atomic E-state index is 11.9. The minimum atomic E-state index is -0.150. The fourth-order valence-electron chi connectivity index (χ4n) is 1.52. The van der Waals surface area contributed by atoms with Crippen LogP contribution in [0.1, 0.15) is 29.0 Å². The molecule has 0 saturated heterocycles. The number of carbonyl (C=O) groups excluding carboxylic acids is 1. The summed E-state index contributed by atoms with van der Waals surface area (Å²) in [5, 5.41) is 2.89. The van der Waals surface area contributed by atoms with E-state index < -0.39 is 0 Å². The van der Waals surface area contributed by atoms with Crippen molar-refractivity contribution in [2.45, 2.75) is 13.0 Å². The zero-order chi connectivity index (χ0) is 13.0. The fourth-order valence-corrected chi connectivity index (χ4v) is 1.88. The third-order valence-corrected chi connectivity index (χ3v) is 2.91. The first kappa shape index (κ1) is 12.7. The average molecular weight is 306 g/mol. The van der Waals surface area contributed by atoms with Gasteiger partial charge in [-0.05, 0) is 47.1 Å². The zero-order valence-corrected chi connectivity index (χ0v) is 11.4. The van der Waals surface area contributed by atoms with E-state index in [1.54, 1.807) is 24.5 Å². The van der Waals surface area contributed by atoms with Crippen molar-refractivity contribution < 1.29 is 4.79 Å². The summed E-state index contributed by atoms with van der Waals surface area (Å²) in [5.74, 6) is -0.133. The van der Waals surface area contributed by atoms with Crippen molar-refractivity contribution in [2.24, 2.45) is 0 Å². The topological polar surface area (TPSA) is 54.9 Å². The summed E-state index contributed by atoms with van der Waals surface area (Å²) in [4.78, 5) is 20.1. The second kappa shape index (κ2) is 5.73. The Morgan fingerprint density at radius 2 is 2.00 bits per heavy atom. The van der Waals surface area contributed by atoms with Crippen molar-refractivity contribution >= 4 is 21.8 Å². The Hall–Kier alpha value is -1.75. The Morgan fingerprint density at radius 1 is 1.28 bits per heavy atom. The lowest BCUT2D eigenvalue weighted by molar-refractivity contribution is 0.0939. The molecule has 0 radical (unpaired) electrons. The van der Waals surface area contributed by atoms with Crippen molar-refractivity contribution in [1.29, 1.82) is 0 Å². The lowest BCUT2D eigenvalue weighted by Crippen LogP contribution is -2.27. The first-order chi connectivity index (χ1) is 8.66. The van der Waals surface area contributed by atoms with Crippen LogP contribution in [0.3, 0.4) is 0 Å². The van der Waals surface area contributed by atoms with Crippen molar-refractivity contribution in [2.75, 3.05) is 0 Å². The maximum atomic E-state index is 11.9. The Kier molecular flexibility index (Phi) is 4.04. The standard InChI is InChI=1S/C13H12BrN3O/c1-9(11-3-2-4-12(14)17-11)16-13(18)10-5-7-15-8-6-10/h2-9H,1H3,(H,16,18)/t9-/m0/s1. The molecule has 0 bridgehead atoms. The number of rotatable bonds is 3. The van der Waals surface area contributed by atoms with Crippen LogP contribution in [0.4, 0.5) is 0 Å². The van der Waals surface area contributed by atoms with Crippen LogP contribution < -0.4 is 5.32 Å². The number of halogens is 1. The molecule has 0 fully saturated rings. The van der Waals surface area contributed by atoms with E-state index in [1.165, 1.54) is 0 Å². The smallest absolute Gasteiger partial charge is 0.251 e. The van der Waals surface area contributed by atoms with Crippen molar-refractivity contribution in [3.63, 3.8) is 0 Å². The van der Waals surface area contributed by atoms with Gasteiger partial charge in [-0.2, -0.15) is 0 Å². The molecule has 1 amide bonds. The van der Waals surface area contributed by atoms with Crippen LogP contribution in [-0.2, 0) is 0 Å². The summed E-state index contributed by atoms with van der Waals surface area (Å²) >= 11 is 3.31. The molecule has 92 valence electrons. The van der Waals surface area contributed by atoms with Gasteiger partial charge < -0.3 is 5.32 Å². The molecule has 0 saturated carbocycles. The molecule has 0 aliphatic heterocycles. The predicted molar refractivity (Wildman–Crippen MR) is 72.1 cm³/mol. The van der Waals surface area contributed by atoms with Gasteiger partial charge in [-0.3, -0.25) is 9.78 Å². The lowest BCUT2D eigenvalue weighted by atomic mass is 10.2. The highest BCUT2D eigenvalue weighted by atomic mass is 79.9. The monoisotopic (exact) mass is 305 g/mol. The first-order valence-corrected chi connectivity index (χ1v) is 6.29. The number of aromatic nitrogens is 2. The van der Waals surface area contributed by atoms with Gasteiger partial charge in [-0.1, -0.05) is 6.07 Å². The van der Waals surface area contributed by atoms with Gasteiger partial charge in [-0.15, -0.1) is 0 Å². The Morgan fingerprint density at radius 3 is 2.67 bits per heavy atom. The highest BCUT2D eigenvalue weighted by molar-refractivity contribution is 9.10. The van der Waals surface area contributed by atoms with E-state index in [4.69, 9.17) is 0 Å². The predicted octanol–water partition coefficient (Wildman–Crippen LogP) is 2.73. The Labute approximate surface area is 114 Å². The molecular weight excluding hydrogens is 294 g/mol. The number of nitrogens with one attached hydrogen (secondary N) is 1. The Balaban J connectivity index is 2.08. The number of hydrogen-bond acceptors (Lipinski definition) is 3. The number of pyridine rings is 2. The van der Waals surface area contributed by atoms with Crippen LogP contribution in [0.15, 0.2) is 47.3 Å². The van der Waals surface area contributed by atoms with Gasteiger partial charge >= 0.3 is 0 Å². The molecule has 0 spiro atoms. The quantitative estimate of drug-likeness (QED) is 0.887. The molecule has 2 aromatic heterocycles. The van der Waals surface area contributed by atoms with Crippen LogP contribution in [-0.4, -0.2) is 15.9 Å². The van der Waals surface area contributed by atoms with Gasteiger partial charge in [0.2, 0.25) is 0 Å². The molecule has 0 aliphatic rings. The van der Waals surface area contributed by atoms with E-state index in [0.717, 1.165) is 10.3 Å². The lowest BCUT2D eigenvalue weighted by Gasteiger charge is -2.13. The molecule has 0 aliphatic carbocycles. The average Bonchev–Trinajstić information content (AvgIpc) is 2.39. The molecule has 0 aromatic carbocycles. The van der Waals surface area contributed by atoms with Crippen molar-refractivity contribution in [3.05, 3.63) is 58.6 Å². The number of hydrogen-bond donors (Lipinski definition) is 1. The molecule has 2 rings (SSSR count). The highest BCUT2D eigenvalue weighted by Crippen LogP contribution is 2.13. The van der Waals surface area contributed by atoms with E-state index in [1.807, 2.05) is 25.1 Å². The molecule has 2 aromatic rings. The molecule has 1 atom stereocenters. The third kappa shape index (κ3) is 3.13. The summed E-state index contributed by atoms with van der Waals surface area (Å²) in [6.45, 7) is 1.90. The molecule has 1 N–H and O–H groups in total. The summed E-state index contributed by atoms with van der Waals surface area (Å²) in [6.07, 6.45) is 3.19. The van der Waals surface area contributed by atoms with Crippen LogP contribution in [0.25, 0.3) is 0 Å². The van der Waals surface area contributed by atoms with Crippen LogP contribution >= 0.6 is 15.9 Å². The number of amides is 1. The highest BCUT2D eigenvalue weighted by Gasteiger charge is 2.12. The van der Waals surface area contributed by atoms with Crippen LogP contribution in [0, 0.1) is 0 Å². The number of nitrogens with zero attached hydrogens (tertiary/aromatic N) is 2. The second-order valence-corrected chi connectivity index (χ2v) is 4.63. The first-order valence-electron chi connectivity index (χ1n) is 5.50. The van der Waals surface area contributed by atoms with Crippen molar-refractivity contribution in [1.82, 2.24) is 15.3 Å². The SMILES string of the molecule is C[C@H](NC(=O)c1ccncc1)c1cccc(Br)n1. The van der Waals surface area contributed by atoms with Gasteiger partial charge in [-0.25, -0.2) is 4.98 Å². The van der Waals surface area contributed by atoms with E-state index in [2.05, 4.69) is 31.2 Å². The minimum absolute atomic E-state index is 0.133. The number of carbonyl (C=O) groups is 1. The van der Waals surface area contributed by atoms with Crippen LogP contribution in [0.2, 0.25) is 0 Å². The second-order valence-electron chi connectivity index (χ2n) is 3.82. The van der Waals surface area contributed by atoms with Gasteiger partial charge in [0.15, 0.2) is 0 Å². The van der Waals surface area contributed by atoms with E-state index >= 15 is 0 Å². The van der Waals surface area contributed by atoms with E-state index in [-0.39, 0.29) is 11.9 Å². The largest absolute Gasteiger partial charge is 0.344 e. The minimum Gasteiger partial charge on any atom is -0.344 e. The molecule has 4 nitrogen and oxygen atoms in total. The summed E-state index contributed by atoms with van der Waals surface area (Å²) in [6, 6.07) is 8.82. The summed E-state index contributed by atoms with van der Waals surface area (Å²) in [7, 11) is 0. The van der Waals surface area contributed by atoms with Gasteiger partial charge in [0.25, 0.3) is 5.91 Å². The summed E-state index contributed by atoms with van der Waals surface area (Å²) < 4.78 is 0.755.